The smallest absolute Gasteiger partial charge is 0.264 e. The van der Waals surface area contributed by atoms with Crippen molar-refractivity contribution in [1.82, 2.24) is 10.2 Å². The van der Waals surface area contributed by atoms with Gasteiger partial charge in [0.15, 0.2) is 0 Å². The average molecular weight is 556 g/mol. The molecule has 202 valence electrons. The highest BCUT2D eigenvalue weighted by atomic mass is 35.5. The molecule has 3 aromatic carbocycles. The summed E-state index contributed by atoms with van der Waals surface area (Å²) in [6.07, 6.45) is 1.10. The molecule has 2 atom stereocenters. The van der Waals surface area contributed by atoms with Crippen molar-refractivity contribution >= 4 is 39.1 Å². The van der Waals surface area contributed by atoms with Gasteiger partial charge < -0.3 is 10.2 Å². The zero-order chi connectivity index (χ0) is 27.7. The zero-order valence-electron chi connectivity index (χ0n) is 21.9. The standard InChI is InChI=1S/C29H34ClN3O4S/c1-4-22(3)31-29(35)26(5-2)32(20-23-14-8-6-9-15-23)28(34)21-33(27-19-13-12-18-25(27)30)38(36,37)24-16-10-7-11-17-24/h6-19,22,26H,4-5,20-21H2,1-3H3,(H,31,35). The molecule has 3 aromatic rings. The lowest BCUT2D eigenvalue weighted by Gasteiger charge is -2.34. The molecule has 1 N–H and O–H groups in total. The van der Waals surface area contributed by atoms with E-state index in [1.54, 1.807) is 42.5 Å². The number of rotatable bonds is 12. The Hall–Kier alpha value is -3.36. The number of carbonyl (C=O) groups excluding carboxylic acids is 2. The minimum atomic E-state index is -4.15. The maximum atomic E-state index is 14.0. The van der Waals surface area contributed by atoms with Crippen LogP contribution in [0, 0.1) is 0 Å². The van der Waals surface area contributed by atoms with Crippen molar-refractivity contribution in [3.8, 4) is 0 Å². The van der Waals surface area contributed by atoms with Crippen molar-refractivity contribution in [3.05, 3.63) is 95.5 Å². The Kier molecular flexibility index (Phi) is 10.3. The third kappa shape index (κ3) is 7.14. The molecule has 0 aliphatic rings. The molecule has 0 bridgehead atoms. The van der Waals surface area contributed by atoms with Gasteiger partial charge in [-0.2, -0.15) is 0 Å². The first-order valence-corrected chi connectivity index (χ1v) is 14.5. The Morgan fingerprint density at radius 2 is 1.45 bits per heavy atom. The summed E-state index contributed by atoms with van der Waals surface area (Å²) < 4.78 is 28.6. The molecule has 9 heteroatoms. The Labute approximate surface area is 230 Å². The Morgan fingerprint density at radius 3 is 2.03 bits per heavy atom. The molecule has 2 amide bonds. The monoisotopic (exact) mass is 555 g/mol. The summed E-state index contributed by atoms with van der Waals surface area (Å²) in [4.78, 5) is 28.7. The number of benzene rings is 3. The van der Waals surface area contributed by atoms with Crippen LogP contribution in [0.3, 0.4) is 0 Å². The Bertz CT molecular complexity index is 1320. The lowest BCUT2D eigenvalue weighted by molar-refractivity contribution is -0.140. The van der Waals surface area contributed by atoms with Gasteiger partial charge >= 0.3 is 0 Å². The SMILES string of the molecule is CCC(C)NC(=O)C(CC)N(Cc1ccccc1)C(=O)CN(c1ccccc1Cl)S(=O)(=O)c1ccccc1. The molecule has 0 aromatic heterocycles. The highest BCUT2D eigenvalue weighted by Gasteiger charge is 2.34. The quantitative estimate of drug-likeness (QED) is 0.330. The van der Waals surface area contributed by atoms with Crippen LogP contribution < -0.4 is 9.62 Å². The van der Waals surface area contributed by atoms with Crippen molar-refractivity contribution in [1.29, 1.82) is 0 Å². The number of nitrogens with one attached hydrogen (secondary N) is 1. The number of nitrogens with zero attached hydrogens (tertiary/aromatic N) is 2. The molecule has 38 heavy (non-hydrogen) atoms. The molecule has 0 spiro atoms. The van der Waals surface area contributed by atoms with E-state index in [2.05, 4.69) is 5.32 Å². The van der Waals surface area contributed by atoms with E-state index in [-0.39, 0.29) is 34.1 Å². The van der Waals surface area contributed by atoms with Crippen LogP contribution in [-0.2, 0) is 26.2 Å². The van der Waals surface area contributed by atoms with Gasteiger partial charge in [0.05, 0.1) is 15.6 Å². The van der Waals surface area contributed by atoms with Crippen LogP contribution in [0.2, 0.25) is 5.02 Å². The number of halogens is 1. The molecule has 3 rings (SSSR count). The largest absolute Gasteiger partial charge is 0.352 e. The van der Waals surface area contributed by atoms with Gasteiger partial charge in [0.25, 0.3) is 10.0 Å². The van der Waals surface area contributed by atoms with E-state index < -0.39 is 28.5 Å². The van der Waals surface area contributed by atoms with Gasteiger partial charge in [-0.25, -0.2) is 8.42 Å². The summed E-state index contributed by atoms with van der Waals surface area (Å²) in [5.41, 5.74) is 1.01. The summed E-state index contributed by atoms with van der Waals surface area (Å²) in [7, 11) is -4.15. The van der Waals surface area contributed by atoms with Crippen LogP contribution in [0.4, 0.5) is 5.69 Å². The van der Waals surface area contributed by atoms with E-state index in [0.717, 1.165) is 16.3 Å². The van der Waals surface area contributed by atoms with Crippen molar-refractivity contribution in [2.75, 3.05) is 10.8 Å². The van der Waals surface area contributed by atoms with E-state index in [1.165, 1.54) is 17.0 Å². The summed E-state index contributed by atoms with van der Waals surface area (Å²) in [6.45, 7) is 5.32. The Balaban J connectivity index is 2.04. The van der Waals surface area contributed by atoms with Crippen LogP contribution >= 0.6 is 11.6 Å². The first-order chi connectivity index (χ1) is 18.2. The highest BCUT2D eigenvalue weighted by Crippen LogP contribution is 2.30. The molecule has 2 unspecified atom stereocenters. The molecule has 0 saturated carbocycles. The van der Waals surface area contributed by atoms with E-state index >= 15 is 0 Å². The predicted octanol–water partition coefficient (Wildman–Crippen LogP) is 5.26. The van der Waals surface area contributed by atoms with Gasteiger partial charge in [0.1, 0.15) is 12.6 Å². The number of para-hydroxylation sites is 1. The molecule has 0 saturated heterocycles. The highest BCUT2D eigenvalue weighted by molar-refractivity contribution is 7.92. The molecule has 0 radical (unpaired) electrons. The van der Waals surface area contributed by atoms with Crippen LogP contribution in [0.15, 0.2) is 89.8 Å². The summed E-state index contributed by atoms with van der Waals surface area (Å²) >= 11 is 6.42. The second-order valence-electron chi connectivity index (χ2n) is 9.03. The van der Waals surface area contributed by atoms with Crippen molar-refractivity contribution in [2.24, 2.45) is 0 Å². The molecule has 0 aliphatic heterocycles. The van der Waals surface area contributed by atoms with Crippen LogP contribution in [-0.4, -0.2) is 43.8 Å². The second-order valence-corrected chi connectivity index (χ2v) is 11.3. The average Bonchev–Trinajstić information content (AvgIpc) is 2.92. The number of anilines is 1. The summed E-state index contributed by atoms with van der Waals surface area (Å²) in [5, 5.41) is 3.16. The number of carbonyl (C=O) groups is 2. The number of amides is 2. The number of hydrogen-bond donors (Lipinski definition) is 1. The van der Waals surface area contributed by atoms with Crippen LogP contribution in [0.5, 0.6) is 0 Å². The molecule has 0 fully saturated rings. The van der Waals surface area contributed by atoms with Crippen molar-refractivity contribution in [2.45, 2.75) is 57.1 Å². The Morgan fingerprint density at radius 1 is 0.868 bits per heavy atom. The van der Waals surface area contributed by atoms with E-state index in [1.807, 2.05) is 51.1 Å². The third-order valence-electron chi connectivity index (χ3n) is 6.31. The lowest BCUT2D eigenvalue weighted by atomic mass is 10.1. The van der Waals surface area contributed by atoms with Gasteiger partial charge in [-0.05, 0) is 49.6 Å². The van der Waals surface area contributed by atoms with Crippen molar-refractivity contribution in [3.63, 3.8) is 0 Å². The fraction of sp³-hybridized carbons (Fsp3) is 0.310. The topological polar surface area (TPSA) is 86.8 Å². The van der Waals surface area contributed by atoms with Gasteiger partial charge in [0, 0.05) is 12.6 Å². The molecular formula is C29H34ClN3O4S. The second kappa shape index (κ2) is 13.4. The lowest BCUT2D eigenvalue weighted by Crippen LogP contribution is -2.53. The maximum Gasteiger partial charge on any atom is 0.264 e. The first-order valence-electron chi connectivity index (χ1n) is 12.6. The van der Waals surface area contributed by atoms with Gasteiger partial charge in [-0.3, -0.25) is 13.9 Å². The molecule has 7 nitrogen and oxygen atoms in total. The molecule has 0 heterocycles. The first kappa shape index (κ1) is 29.2. The van der Waals surface area contributed by atoms with Gasteiger partial charge in [0.2, 0.25) is 11.8 Å². The number of hydrogen-bond acceptors (Lipinski definition) is 4. The normalized spacial score (nSPS) is 12.8. The minimum Gasteiger partial charge on any atom is -0.352 e. The summed E-state index contributed by atoms with van der Waals surface area (Å²) in [5.74, 6) is -0.791. The van der Waals surface area contributed by atoms with E-state index in [9.17, 15) is 18.0 Å². The zero-order valence-corrected chi connectivity index (χ0v) is 23.5. The minimum absolute atomic E-state index is 0.0314. The van der Waals surface area contributed by atoms with Gasteiger partial charge in [-0.15, -0.1) is 0 Å². The maximum absolute atomic E-state index is 14.0. The fourth-order valence-corrected chi connectivity index (χ4v) is 5.77. The van der Waals surface area contributed by atoms with Crippen LogP contribution in [0.1, 0.15) is 39.2 Å². The third-order valence-corrected chi connectivity index (χ3v) is 8.41. The molecular weight excluding hydrogens is 522 g/mol. The molecule has 0 aliphatic carbocycles. The number of sulfonamides is 1. The predicted molar refractivity (Wildman–Crippen MR) is 151 cm³/mol. The fourth-order valence-electron chi connectivity index (χ4n) is 4.03. The van der Waals surface area contributed by atoms with E-state index in [0.29, 0.717) is 6.42 Å². The van der Waals surface area contributed by atoms with Crippen molar-refractivity contribution < 1.29 is 18.0 Å². The van der Waals surface area contributed by atoms with Gasteiger partial charge in [-0.1, -0.05) is 86.1 Å². The summed E-state index contributed by atoms with van der Waals surface area (Å²) in [6, 6.07) is 22.8. The van der Waals surface area contributed by atoms with E-state index in [4.69, 9.17) is 11.6 Å². The van der Waals surface area contributed by atoms with Crippen LogP contribution in [0.25, 0.3) is 0 Å².